The van der Waals surface area contributed by atoms with Gasteiger partial charge in [-0.1, -0.05) is 20.3 Å². The van der Waals surface area contributed by atoms with Crippen molar-refractivity contribution < 1.29 is 13.2 Å². The van der Waals surface area contributed by atoms with E-state index < -0.39 is 15.9 Å². The van der Waals surface area contributed by atoms with Crippen LogP contribution in [-0.2, 0) is 14.8 Å². The molecule has 0 aliphatic heterocycles. The summed E-state index contributed by atoms with van der Waals surface area (Å²) in [4.78, 5) is 10.7. The Hall–Kier alpha value is -0.230. The first kappa shape index (κ1) is 16.2. The number of hydrogen-bond acceptors (Lipinski definition) is 4. The molecule has 86 valence electrons. The highest BCUT2D eigenvalue weighted by Crippen LogP contribution is 2.04. The van der Waals surface area contributed by atoms with E-state index in [1.165, 1.54) is 25.1 Å². The van der Waals surface area contributed by atoms with Gasteiger partial charge in [0.15, 0.2) is 0 Å². The molecule has 14 heavy (non-hydrogen) atoms. The minimum absolute atomic E-state index is 0.189. The van der Waals surface area contributed by atoms with Gasteiger partial charge < -0.3 is 0 Å². The van der Waals surface area contributed by atoms with Gasteiger partial charge in [0, 0.05) is 6.92 Å². The number of amides is 1. The van der Waals surface area contributed by atoms with E-state index in [-0.39, 0.29) is 5.88 Å². The normalized spacial score (nSPS) is 10.1. The molecule has 0 heterocycles. The number of hydrogen-bond donors (Lipinski definition) is 0. The molecule has 4 nitrogen and oxygen atoms in total. The van der Waals surface area contributed by atoms with Gasteiger partial charge in [-0.05, 0) is 6.26 Å². The van der Waals surface area contributed by atoms with Gasteiger partial charge >= 0.3 is 0 Å². The Morgan fingerprint density at radius 3 is 1.79 bits per heavy atom. The van der Waals surface area contributed by atoms with Crippen molar-refractivity contribution in [2.24, 2.45) is 0 Å². The van der Waals surface area contributed by atoms with E-state index in [1.54, 1.807) is 6.26 Å². The topological polar surface area (TPSA) is 54.5 Å². The van der Waals surface area contributed by atoms with E-state index in [1.807, 2.05) is 0 Å². The molecule has 0 spiro atoms. The van der Waals surface area contributed by atoms with E-state index in [4.69, 9.17) is 0 Å². The molecule has 0 rings (SSSR count). The summed E-state index contributed by atoms with van der Waals surface area (Å²) in [5.41, 5.74) is 0. The van der Waals surface area contributed by atoms with Crippen LogP contribution in [0.3, 0.4) is 0 Å². The van der Waals surface area contributed by atoms with Crippen molar-refractivity contribution in [2.75, 3.05) is 18.4 Å². The van der Waals surface area contributed by atoms with Crippen molar-refractivity contribution in [1.29, 1.82) is 0 Å². The average molecular weight is 241 g/mol. The van der Waals surface area contributed by atoms with E-state index in [9.17, 15) is 13.2 Å². The van der Waals surface area contributed by atoms with Crippen molar-refractivity contribution in [1.82, 2.24) is 4.31 Å². The van der Waals surface area contributed by atoms with E-state index in [0.29, 0.717) is 0 Å². The monoisotopic (exact) mass is 241 g/mol. The molecular weight excluding hydrogens is 222 g/mol. The van der Waals surface area contributed by atoms with Crippen LogP contribution in [0, 0.1) is 0 Å². The van der Waals surface area contributed by atoms with Crippen LogP contribution in [-0.4, -0.2) is 37.0 Å². The molecule has 0 N–H and O–H groups in total. The van der Waals surface area contributed by atoms with Gasteiger partial charge in [0.05, 0.1) is 12.1 Å². The Bertz CT molecular complexity index is 249. The van der Waals surface area contributed by atoms with Crippen molar-refractivity contribution >= 4 is 27.7 Å². The molecule has 0 unspecified atom stereocenters. The van der Waals surface area contributed by atoms with E-state index in [2.05, 4.69) is 13.8 Å². The molecule has 0 aromatic rings. The molecule has 6 heteroatoms. The molecule has 0 aromatic heterocycles. The first-order chi connectivity index (χ1) is 6.31. The lowest BCUT2D eigenvalue weighted by Gasteiger charge is -2.16. The Labute approximate surface area is 91.1 Å². The van der Waals surface area contributed by atoms with Crippen LogP contribution in [0.1, 0.15) is 27.2 Å². The highest BCUT2D eigenvalue weighted by molar-refractivity contribution is 7.99. The smallest absolute Gasteiger partial charge is 0.235 e. The molecule has 0 aliphatic rings. The third-order valence-corrected chi connectivity index (χ3v) is 2.86. The second-order valence-electron chi connectivity index (χ2n) is 2.76. The Morgan fingerprint density at radius 1 is 1.36 bits per heavy atom. The van der Waals surface area contributed by atoms with Crippen LogP contribution in [0.25, 0.3) is 0 Å². The molecule has 0 saturated heterocycles. The van der Waals surface area contributed by atoms with Gasteiger partial charge in [0.2, 0.25) is 15.9 Å². The summed E-state index contributed by atoms with van der Waals surface area (Å²) in [6, 6.07) is 0. The number of carbonyl (C=O) groups excluding carboxylic acids is 1. The third kappa shape index (κ3) is 8.37. The number of nitrogens with zero attached hydrogens (tertiary/aromatic N) is 1. The third-order valence-electron chi connectivity index (χ3n) is 0.998. The largest absolute Gasteiger partial charge is 0.274 e. The Balaban J connectivity index is 0. The van der Waals surface area contributed by atoms with E-state index in [0.717, 1.165) is 10.6 Å². The van der Waals surface area contributed by atoms with Gasteiger partial charge in [-0.2, -0.15) is 0 Å². The standard InChI is InChI=1S/C5H11NO3S2.C3H8/c1-5(7)6(4-10-2)11(3,8)9;1-3-2/h4H2,1-3H3;3H2,1-2H3. The second kappa shape index (κ2) is 8.11. The zero-order valence-corrected chi connectivity index (χ0v) is 11.0. The maximum atomic E-state index is 10.9. The average Bonchev–Trinajstić information content (AvgIpc) is 1.98. The van der Waals surface area contributed by atoms with Crippen LogP contribution in [0.4, 0.5) is 0 Å². The van der Waals surface area contributed by atoms with Gasteiger partial charge in [-0.15, -0.1) is 11.8 Å². The summed E-state index contributed by atoms with van der Waals surface area (Å²) in [6.07, 6.45) is 4.01. The van der Waals surface area contributed by atoms with Crippen molar-refractivity contribution in [3.63, 3.8) is 0 Å². The van der Waals surface area contributed by atoms with E-state index >= 15 is 0 Å². The first-order valence-corrected chi connectivity index (χ1v) is 7.52. The van der Waals surface area contributed by atoms with Gasteiger partial charge in [-0.3, -0.25) is 4.79 Å². The van der Waals surface area contributed by atoms with Crippen LogP contribution in [0.15, 0.2) is 0 Å². The summed E-state index contributed by atoms with van der Waals surface area (Å²) in [6.45, 7) is 5.48. The molecule has 0 fully saturated rings. The molecular formula is C8H19NO3S2. The van der Waals surface area contributed by atoms with Gasteiger partial charge in [-0.25, -0.2) is 12.7 Å². The molecule has 0 atom stereocenters. The predicted molar refractivity (Wildman–Crippen MR) is 61.7 cm³/mol. The van der Waals surface area contributed by atoms with Crippen LogP contribution in [0.5, 0.6) is 0 Å². The number of carbonyl (C=O) groups is 1. The zero-order chi connectivity index (χ0) is 11.8. The van der Waals surface area contributed by atoms with Crippen LogP contribution >= 0.6 is 11.8 Å². The lowest BCUT2D eigenvalue weighted by molar-refractivity contribution is -0.123. The fraction of sp³-hybridized carbons (Fsp3) is 0.875. The van der Waals surface area contributed by atoms with Gasteiger partial charge in [0.25, 0.3) is 0 Å². The molecule has 1 amide bonds. The second-order valence-corrected chi connectivity index (χ2v) is 5.50. The summed E-state index contributed by atoms with van der Waals surface area (Å²) < 4.78 is 22.5. The zero-order valence-electron chi connectivity index (χ0n) is 9.40. The summed E-state index contributed by atoms with van der Waals surface area (Å²) in [7, 11) is -3.36. The maximum absolute atomic E-state index is 10.9. The van der Waals surface area contributed by atoms with Crippen LogP contribution in [0.2, 0.25) is 0 Å². The fourth-order valence-electron chi connectivity index (χ4n) is 0.537. The summed E-state index contributed by atoms with van der Waals surface area (Å²) in [5, 5.41) is 0. The summed E-state index contributed by atoms with van der Waals surface area (Å²) in [5.74, 6) is -0.254. The molecule has 0 saturated carbocycles. The number of thioether (sulfide) groups is 1. The summed E-state index contributed by atoms with van der Waals surface area (Å²) >= 11 is 1.29. The lowest BCUT2D eigenvalue weighted by Crippen LogP contribution is -2.33. The predicted octanol–water partition coefficient (Wildman–Crippen LogP) is 1.53. The first-order valence-electron chi connectivity index (χ1n) is 4.28. The Morgan fingerprint density at radius 2 is 1.71 bits per heavy atom. The number of rotatable bonds is 3. The van der Waals surface area contributed by atoms with Gasteiger partial charge in [0.1, 0.15) is 0 Å². The molecule has 0 aliphatic carbocycles. The molecule has 0 radical (unpaired) electrons. The molecule has 0 bridgehead atoms. The lowest BCUT2D eigenvalue weighted by atomic mass is 10.6. The molecule has 0 aromatic carbocycles. The highest BCUT2D eigenvalue weighted by Gasteiger charge is 2.17. The SMILES string of the molecule is CCC.CSCN(C(C)=O)S(C)(=O)=O. The quantitative estimate of drug-likeness (QED) is 0.703. The number of sulfonamides is 1. The highest BCUT2D eigenvalue weighted by atomic mass is 32.2. The van der Waals surface area contributed by atoms with Crippen molar-refractivity contribution in [3.8, 4) is 0 Å². The van der Waals surface area contributed by atoms with Crippen LogP contribution < -0.4 is 0 Å². The maximum Gasteiger partial charge on any atom is 0.235 e. The minimum Gasteiger partial charge on any atom is -0.274 e. The fourth-order valence-corrected chi connectivity index (χ4v) is 2.50. The minimum atomic E-state index is -3.36. The van der Waals surface area contributed by atoms with Crippen molar-refractivity contribution in [3.05, 3.63) is 0 Å². The Kier molecular flexibility index (Phi) is 9.39. The van der Waals surface area contributed by atoms with Crippen molar-refractivity contribution in [2.45, 2.75) is 27.2 Å².